The minimum absolute atomic E-state index is 0.207. The number of amides is 1. The predicted octanol–water partition coefficient (Wildman–Crippen LogP) is 0.0716. The normalized spacial score (nSPS) is 37.1. The van der Waals surface area contributed by atoms with Gasteiger partial charge in [0, 0.05) is 39.3 Å². The molecule has 0 spiro atoms. The molecule has 3 heterocycles. The Morgan fingerprint density at radius 2 is 1.71 bits per heavy atom. The highest BCUT2D eigenvalue weighted by Gasteiger charge is 2.47. The summed E-state index contributed by atoms with van der Waals surface area (Å²) in [5.41, 5.74) is -1.13. The smallest absolute Gasteiger partial charge is 0.242 e. The fourth-order valence-corrected chi connectivity index (χ4v) is 4.45. The number of carbonyl (C=O) groups excluding carboxylic acids is 1. The first-order chi connectivity index (χ1) is 11.3. The third kappa shape index (κ3) is 3.62. The van der Waals surface area contributed by atoms with Gasteiger partial charge in [0.05, 0.1) is 17.7 Å². The number of likely N-dealkylation sites (tertiary alicyclic amines) is 2. The number of β-amino-alcohol motifs (C(OH)–C–C–N with tert-alkyl or cyclic N) is 1. The van der Waals surface area contributed by atoms with Gasteiger partial charge < -0.3 is 14.9 Å². The van der Waals surface area contributed by atoms with Crippen molar-refractivity contribution >= 4 is 5.91 Å². The second-order valence-electron chi connectivity index (χ2n) is 8.43. The molecule has 3 saturated heterocycles. The maximum atomic E-state index is 13.1. The van der Waals surface area contributed by atoms with Crippen LogP contribution < -0.4 is 0 Å². The van der Waals surface area contributed by atoms with E-state index in [0.29, 0.717) is 26.1 Å². The Bertz CT molecular complexity index is 466. The Kier molecular flexibility index (Phi) is 5.21. The van der Waals surface area contributed by atoms with Crippen LogP contribution in [0.5, 0.6) is 0 Å². The molecule has 3 fully saturated rings. The molecule has 1 N–H and O–H groups in total. The Morgan fingerprint density at radius 1 is 1.00 bits per heavy atom. The van der Waals surface area contributed by atoms with Crippen LogP contribution >= 0.6 is 0 Å². The van der Waals surface area contributed by atoms with Crippen LogP contribution in [0.4, 0.5) is 0 Å². The van der Waals surface area contributed by atoms with E-state index in [2.05, 4.69) is 35.7 Å². The van der Waals surface area contributed by atoms with Gasteiger partial charge in [-0.25, -0.2) is 0 Å². The molecule has 0 aliphatic carbocycles. The lowest BCUT2D eigenvalue weighted by Gasteiger charge is -2.43. The molecule has 0 unspecified atom stereocenters. The molecule has 0 aromatic heterocycles. The minimum Gasteiger partial charge on any atom is -0.387 e. The molecule has 3 aliphatic heterocycles. The van der Waals surface area contributed by atoms with E-state index in [0.717, 1.165) is 45.6 Å². The predicted molar refractivity (Wildman–Crippen MR) is 95.0 cm³/mol. The van der Waals surface area contributed by atoms with E-state index in [1.165, 1.54) is 6.42 Å². The van der Waals surface area contributed by atoms with Crippen molar-refractivity contribution in [1.29, 1.82) is 0 Å². The van der Waals surface area contributed by atoms with Crippen molar-refractivity contribution < 1.29 is 9.90 Å². The zero-order valence-electron chi connectivity index (χ0n) is 15.6. The van der Waals surface area contributed by atoms with Crippen LogP contribution in [0.2, 0.25) is 0 Å². The quantitative estimate of drug-likeness (QED) is 0.789. The van der Waals surface area contributed by atoms with Gasteiger partial charge in [-0.05, 0) is 53.2 Å². The van der Waals surface area contributed by atoms with Crippen LogP contribution in [-0.4, -0.2) is 108 Å². The molecule has 6 heteroatoms. The largest absolute Gasteiger partial charge is 0.387 e. The molecular formula is C18H34N4O2. The summed E-state index contributed by atoms with van der Waals surface area (Å²) in [7, 11) is 4.20. The van der Waals surface area contributed by atoms with Crippen molar-refractivity contribution in [3.05, 3.63) is 0 Å². The average molecular weight is 338 g/mol. The first-order valence-electron chi connectivity index (χ1n) is 9.46. The molecule has 138 valence electrons. The number of hydrogen-bond donors (Lipinski definition) is 1. The molecule has 0 radical (unpaired) electrons. The Balaban J connectivity index is 1.58. The highest BCUT2D eigenvalue weighted by Crippen LogP contribution is 2.32. The average Bonchev–Trinajstić information content (AvgIpc) is 2.94. The topological polar surface area (TPSA) is 50.3 Å². The fourth-order valence-electron chi connectivity index (χ4n) is 4.45. The van der Waals surface area contributed by atoms with Crippen molar-refractivity contribution in [1.82, 2.24) is 19.6 Å². The van der Waals surface area contributed by atoms with Crippen molar-refractivity contribution in [2.45, 2.75) is 43.7 Å². The molecule has 24 heavy (non-hydrogen) atoms. The summed E-state index contributed by atoms with van der Waals surface area (Å²) in [6.07, 6.45) is 3.92. The fraction of sp³-hybridized carbons (Fsp3) is 0.944. The number of nitrogens with zero attached hydrogens (tertiary/aromatic N) is 4. The number of piperazine rings is 1. The number of piperidine rings is 1. The molecule has 6 nitrogen and oxygen atoms in total. The number of likely N-dealkylation sites (N-methyl/N-ethyl adjacent to an activating group) is 2. The summed E-state index contributed by atoms with van der Waals surface area (Å²) >= 11 is 0. The zero-order chi connectivity index (χ0) is 17.4. The lowest BCUT2D eigenvalue weighted by Crippen LogP contribution is -2.59. The molecule has 0 saturated carbocycles. The Morgan fingerprint density at radius 3 is 2.38 bits per heavy atom. The van der Waals surface area contributed by atoms with Crippen molar-refractivity contribution in [2.75, 3.05) is 66.5 Å². The van der Waals surface area contributed by atoms with Gasteiger partial charge in [-0.15, -0.1) is 0 Å². The van der Waals surface area contributed by atoms with Gasteiger partial charge in [-0.1, -0.05) is 0 Å². The molecule has 0 aromatic carbocycles. The third-order valence-corrected chi connectivity index (χ3v) is 6.44. The van der Waals surface area contributed by atoms with E-state index in [4.69, 9.17) is 0 Å². The van der Waals surface area contributed by atoms with Crippen molar-refractivity contribution in [2.24, 2.45) is 0 Å². The zero-order valence-corrected chi connectivity index (χ0v) is 15.6. The number of rotatable bonds is 3. The molecule has 2 atom stereocenters. The lowest BCUT2D eigenvalue weighted by atomic mass is 9.87. The standard InChI is InChI=1S/C18H34N4O2/c1-17(6-4-5-8-20(17)3)16(23)22-9-7-18(24,15-22)14-21-12-10-19(2)11-13-21/h24H,4-15H2,1-3H3/t17-,18+/m1/s1. The van der Waals surface area contributed by atoms with Gasteiger partial charge >= 0.3 is 0 Å². The maximum Gasteiger partial charge on any atom is 0.242 e. The van der Waals surface area contributed by atoms with E-state index in [1.807, 2.05) is 4.90 Å². The molecule has 3 aliphatic rings. The monoisotopic (exact) mass is 338 g/mol. The molecule has 0 aromatic rings. The summed E-state index contributed by atoms with van der Waals surface area (Å²) < 4.78 is 0. The highest BCUT2D eigenvalue weighted by atomic mass is 16.3. The van der Waals surface area contributed by atoms with Crippen molar-refractivity contribution in [3.8, 4) is 0 Å². The number of carbonyl (C=O) groups is 1. The van der Waals surface area contributed by atoms with Gasteiger partial charge in [0.25, 0.3) is 0 Å². The van der Waals surface area contributed by atoms with E-state index < -0.39 is 11.1 Å². The minimum atomic E-state index is -0.741. The van der Waals surface area contributed by atoms with Crippen LogP contribution in [0, 0.1) is 0 Å². The summed E-state index contributed by atoms with van der Waals surface area (Å²) in [6.45, 7) is 9.06. The third-order valence-electron chi connectivity index (χ3n) is 6.44. The summed E-state index contributed by atoms with van der Waals surface area (Å²) in [5.74, 6) is 0.207. The maximum absolute atomic E-state index is 13.1. The Labute approximate surface area is 146 Å². The van der Waals surface area contributed by atoms with Crippen LogP contribution in [-0.2, 0) is 4.79 Å². The van der Waals surface area contributed by atoms with Gasteiger partial charge in [0.1, 0.15) is 0 Å². The lowest BCUT2D eigenvalue weighted by molar-refractivity contribution is -0.145. The van der Waals surface area contributed by atoms with Gasteiger partial charge in [0.15, 0.2) is 0 Å². The van der Waals surface area contributed by atoms with E-state index in [1.54, 1.807) is 0 Å². The Hall–Kier alpha value is -0.690. The van der Waals surface area contributed by atoms with Gasteiger partial charge in [0.2, 0.25) is 5.91 Å². The van der Waals surface area contributed by atoms with Crippen LogP contribution in [0.15, 0.2) is 0 Å². The molecule has 0 bridgehead atoms. The summed E-state index contributed by atoms with van der Waals surface area (Å²) in [6, 6.07) is 0. The van der Waals surface area contributed by atoms with Crippen LogP contribution in [0.3, 0.4) is 0 Å². The summed E-state index contributed by atoms with van der Waals surface area (Å²) in [5, 5.41) is 11.0. The van der Waals surface area contributed by atoms with Gasteiger partial charge in [-0.3, -0.25) is 14.6 Å². The SMILES string of the molecule is CN1CCN(C[C@@]2(O)CCN(C(=O)[C@@]3(C)CCCCN3C)C2)CC1. The number of hydrogen-bond acceptors (Lipinski definition) is 5. The van der Waals surface area contributed by atoms with Crippen LogP contribution in [0.25, 0.3) is 0 Å². The first kappa shape index (κ1) is 18.1. The van der Waals surface area contributed by atoms with Crippen molar-refractivity contribution in [3.63, 3.8) is 0 Å². The highest BCUT2D eigenvalue weighted by molar-refractivity contribution is 5.86. The molecule has 3 rings (SSSR count). The van der Waals surface area contributed by atoms with E-state index in [-0.39, 0.29) is 5.91 Å². The van der Waals surface area contributed by atoms with E-state index >= 15 is 0 Å². The van der Waals surface area contributed by atoms with Gasteiger partial charge in [-0.2, -0.15) is 0 Å². The summed E-state index contributed by atoms with van der Waals surface area (Å²) in [4.78, 5) is 21.9. The molecular weight excluding hydrogens is 304 g/mol. The van der Waals surface area contributed by atoms with Crippen LogP contribution in [0.1, 0.15) is 32.6 Å². The number of aliphatic hydroxyl groups is 1. The second-order valence-corrected chi connectivity index (χ2v) is 8.43. The second kappa shape index (κ2) is 6.90. The molecule has 1 amide bonds. The van der Waals surface area contributed by atoms with E-state index in [9.17, 15) is 9.90 Å². The first-order valence-corrected chi connectivity index (χ1v) is 9.46.